The molecule has 19 heavy (non-hydrogen) atoms. The predicted octanol–water partition coefficient (Wildman–Crippen LogP) is 1.75. The van der Waals surface area contributed by atoms with Crippen LogP contribution in [0, 0.1) is 0 Å². The first-order valence-corrected chi connectivity index (χ1v) is 6.30. The highest BCUT2D eigenvalue weighted by atomic mass is 35.5. The van der Waals surface area contributed by atoms with Crippen LogP contribution < -0.4 is 10.8 Å². The summed E-state index contributed by atoms with van der Waals surface area (Å²) in [7, 11) is 0. The highest BCUT2D eigenvalue weighted by molar-refractivity contribution is 6.21. The van der Waals surface area contributed by atoms with Crippen LogP contribution in [-0.2, 0) is 0 Å². The van der Waals surface area contributed by atoms with Crippen molar-refractivity contribution in [3.8, 4) is 0 Å². The van der Waals surface area contributed by atoms with E-state index < -0.39 is 0 Å². The van der Waals surface area contributed by atoms with Crippen molar-refractivity contribution in [2.45, 2.75) is 5.50 Å². The van der Waals surface area contributed by atoms with Gasteiger partial charge in [0.2, 0.25) is 5.43 Å². The van der Waals surface area contributed by atoms with Crippen molar-refractivity contribution in [3.05, 3.63) is 52.4 Å². The van der Waals surface area contributed by atoms with Crippen LogP contribution in [0.25, 0.3) is 27.9 Å². The SMILES string of the molecule is O=c1c2n(c3cncc4nccc1c43)C(Cl)C=CC=2. The van der Waals surface area contributed by atoms with Crippen LogP contribution in [0.3, 0.4) is 0 Å². The first kappa shape index (κ1) is 10.7. The van der Waals surface area contributed by atoms with Gasteiger partial charge in [0.15, 0.2) is 0 Å². The molecule has 5 heteroatoms. The van der Waals surface area contributed by atoms with E-state index in [2.05, 4.69) is 9.97 Å². The van der Waals surface area contributed by atoms with E-state index in [1.807, 2.05) is 6.08 Å². The second-order valence-corrected chi connectivity index (χ2v) is 4.87. The topological polar surface area (TPSA) is 47.8 Å². The zero-order chi connectivity index (χ0) is 13.0. The second-order valence-electron chi connectivity index (χ2n) is 4.42. The molecule has 1 atom stereocenters. The summed E-state index contributed by atoms with van der Waals surface area (Å²) in [5, 5.41) is 2.06. The maximum absolute atomic E-state index is 12.5. The normalized spacial score (nSPS) is 17.6. The Morgan fingerprint density at radius 2 is 2.21 bits per heavy atom. The maximum Gasteiger partial charge on any atom is 0.210 e. The van der Waals surface area contributed by atoms with E-state index in [-0.39, 0.29) is 10.9 Å². The first-order valence-electron chi connectivity index (χ1n) is 5.86. The minimum Gasteiger partial charge on any atom is -0.316 e. The molecule has 0 radical (unpaired) electrons. The summed E-state index contributed by atoms with van der Waals surface area (Å²) in [5.74, 6) is 0. The molecule has 4 nitrogen and oxygen atoms in total. The number of allylic oxidation sites excluding steroid dienone is 2. The molecule has 0 saturated carbocycles. The van der Waals surface area contributed by atoms with Crippen LogP contribution in [0.1, 0.15) is 5.50 Å². The van der Waals surface area contributed by atoms with E-state index in [0.29, 0.717) is 16.3 Å². The molecule has 4 rings (SSSR count). The van der Waals surface area contributed by atoms with E-state index in [9.17, 15) is 4.79 Å². The molecule has 92 valence electrons. The van der Waals surface area contributed by atoms with Crippen molar-refractivity contribution >= 4 is 39.5 Å². The third-order valence-corrected chi connectivity index (χ3v) is 3.74. The summed E-state index contributed by atoms with van der Waals surface area (Å²) in [6.07, 6.45) is 10.4. The molecule has 0 aliphatic carbocycles. The molecular formula is C14H8ClN3O. The van der Waals surface area contributed by atoms with Gasteiger partial charge in [-0.15, -0.1) is 0 Å². The molecule has 0 aromatic carbocycles. The van der Waals surface area contributed by atoms with Gasteiger partial charge in [-0.1, -0.05) is 17.7 Å². The van der Waals surface area contributed by atoms with Crippen LogP contribution in [0.2, 0.25) is 0 Å². The number of aromatic nitrogens is 3. The molecule has 1 aliphatic heterocycles. The Hall–Kier alpha value is -2.20. The van der Waals surface area contributed by atoms with Gasteiger partial charge in [-0.05, 0) is 18.2 Å². The largest absolute Gasteiger partial charge is 0.316 e. The van der Waals surface area contributed by atoms with Gasteiger partial charge in [0.25, 0.3) is 0 Å². The minimum absolute atomic E-state index is 0.0268. The predicted molar refractivity (Wildman–Crippen MR) is 75.0 cm³/mol. The van der Waals surface area contributed by atoms with Crippen LogP contribution in [0.5, 0.6) is 0 Å². The average molecular weight is 270 g/mol. The average Bonchev–Trinajstić information content (AvgIpc) is 2.44. The summed E-state index contributed by atoms with van der Waals surface area (Å²) in [5.41, 5.74) is 1.13. The van der Waals surface area contributed by atoms with Gasteiger partial charge in [0.05, 0.1) is 28.8 Å². The number of nitrogens with zero attached hydrogens (tertiary/aromatic N) is 3. The molecule has 3 aromatic heterocycles. The molecule has 0 saturated heterocycles. The van der Waals surface area contributed by atoms with Crippen LogP contribution in [-0.4, -0.2) is 14.5 Å². The molecule has 1 aliphatic rings. The fourth-order valence-electron chi connectivity index (χ4n) is 2.58. The second kappa shape index (κ2) is 3.65. The summed E-state index contributed by atoms with van der Waals surface area (Å²) in [6, 6.07) is 1.74. The summed E-state index contributed by atoms with van der Waals surface area (Å²) >= 11 is 6.30. The Morgan fingerprint density at radius 3 is 3.11 bits per heavy atom. The van der Waals surface area contributed by atoms with Gasteiger partial charge in [0, 0.05) is 17.0 Å². The van der Waals surface area contributed by atoms with Gasteiger partial charge >= 0.3 is 0 Å². The fraction of sp³-hybridized carbons (Fsp3) is 0.0714. The Labute approximate surface area is 112 Å². The van der Waals surface area contributed by atoms with Gasteiger partial charge in [-0.2, -0.15) is 0 Å². The van der Waals surface area contributed by atoms with Crippen LogP contribution >= 0.6 is 11.6 Å². The number of halogens is 1. The van der Waals surface area contributed by atoms with E-state index in [1.54, 1.807) is 41.4 Å². The Morgan fingerprint density at radius 1 is 1.32 bits per heavy atom. The van der Waals surface area contributed by atoms with Crippen molar-refractivity contribution in [3.63, 3.8) is 0 Å². The molecule has 0 fully saturated rings. The number of fused-ring (bicyclic) bond motifs is 2. The minimum atomic E-state index is -0.385. The van der Waals surface area contributed by atoms with Gasteiger partial charge in [-0.25, -0.2) is 0 Å². The summed E-state index contributed by atoms with van der Waals surface area (Å²) in [4.78, 5) is 21.0. The molecule has 0 N–H and O–H groups in total. The number of pyridine rings is 3. The number of rotatable bonds is 0. The Balaban J connectivity index is 2.44. The number of hydrogen-bond acceptors (Lipinski definition) is 3. The third-order valence-electron chi connectivity index (χ3n) is 3.40. The molecule has 1 unspecified atom stereocenters. The van der Waals surface area contributed by atoms with E-state index >= 15 is 0 Å². The molecule has 3 aromatic rings. The molecule has 4 heterocycles. The van der Waals surface area contributed by atoms with Crippen LogP contribution in [0.4, 0.5) is 0 Å². The van der Waals surface area contributed by atoms with E-state index in [4.69, 9.17) is 11.6 Å². The Bertz CT molecular complexity index is 953. The van der Waals surface area contributed by atoms with Crippen LogP contribution in [0.15, 0.2) is 41.6 Å². The zero-order valence-electron chi connectivity index (χ0n) is 9.75. The van der Waals surface area contributed by atoms with Crippen molar-refractivity contribution in [2.75, 3.05) is 0 Å². The van der Waals surface area contributed by atoms with Gasteiger partial charge in [0.1, 0.15) is 5.50 Å². The van der Waals surface area contributed by atoms with Crippen molar-refractivity contribution in [2.24, 2.45) is 0 Å². The summed E-state index contributed by atoms with van der Waals surface area (Å²) < 4.78 is 1.80. The summed E-state index contributed by atoms with van der Waals surface area (Å²) in [6.45, 7) is 0. The number of alkyl halides is 1. The Kier molecular flexibility index (Phi) is 2.05. The lowest BCUT2D eigenvalue weighted by atomic mass is 10.1. The van der Waals surface area contributed by atoms with E-state index in [1.165, 1.54) is 0 Å². The van der Waals surface area contributed by atoms with Gasteiger partial charge < -0.3 is 4.57 Å². The lowest BCUT2D eigenvalue weighted by Crippen LogP contribution is -2.37. The van der Waals surface area contributed by atoms with Crippen molar-refractivity contribution in [1.82, 2.24) is 14.5 Å². The maximum atomic E-state index is 12.5. The molecule has 0 bridgehead atoms. The van der Waals surface area contributed by atoms with Crippen molar-refractivity contribution in [1.29, 1.82) is 0 Å². The fourth-order valence-corrected chi connectivity index (χ4v) is 2.88. The first-order chi connectivity index (χ1) is 9.27. The lowest BCUT2D eigenvalue weighted by molar-refractivity contribution is 0.776. The standard InChI is InChI=1S/C14H8ClN3O/c15-12-3-1-2-10-14(19)8-4-5-17-9-6-16-7-11(13(8)9)18(10)12/h1-7,12H. The quantitative estimate of drug-likeness (QED) is 0.584. The molecule has 0 spiro atoms. The number of hydrogen-bond donors (Lipinski definition) is 0. The molecular weight excluding hydrogens is 262 g/mol. The monoisotopic (exact) mass is 269 g/mol. The lowest BCUT2D eigenvalue weighted by Gasteiger charge is -2.18. The van der Waals surface area contributed by atoms with Gasteiger partial charge in [-0.3, -0.25) is 14.8 Å². The third kappa shape index (κ3) is 1.32. The van der Waals surface area contributed by atoms with E-state index in [0.717, 1.165) is 10.9 Å². The molecule has 0 amide bonds. The smallest absolute Gasteiger partial charge is 0.210 e. The highest BCUT2D eigenvalue weighted by Gasteiger charge is 2.17. The highest BCUT2D eigenvalue weighted by Crippen LogP contribution is 2.25. The zero-order valence-corrected chi connectivity index (χ0v) is 10.5. The van der Waals surface area contributed by atoms with Crippen molar-refractivity contribution < 1.29 is 0 Å².